The predicted molar refractivity (Wildman–Crippen MR) is 159 cm³/mol. The molecule has 220 valence electrons. The molecular formula is C27H29BrClN9O4. The minimum Gasteiger partial charge on any atom is -0.493 e. The molecule has 1 saturated heterocycles. The van der Waals surface area contributed by atoms with Crippen molar-refractivity contribution in [2.45, 2.75) is 32.9 Å². The molecule has 0 aliphatic carbocycles. The van der Waals surface area contributed by atoms with Gasteiger partial charge in [-0.2, -0.15) is 9.78 Å². The number of rotatable bonds is 10. The van der Waals surface area contributed by atoms with Crippen molar-refractivity contribution in [2.24, 2.45) is 11.0 Å². The van der Waals surface area contributed by atoms with E-state index in [2.05, 4.69) is 58.9 Å². The Morgan fingerprint density at radius 2 is 2.07 bits per heavy atom. The van der Waals surface area contributed by atoms with Crippen LogP contribution in [-0.4, -0.2) is 62.5 Å². The average molecular weight is 659 g/mol. The lowest BCUT2D eigenvalue weighted by atomic mass is 9.99. The highest BCUT2D eigenvalue weighted by atomic mass is 79.9. The molecule has 42 heavy (non-hydrogen) atoms. The number of benzene rings is 2. The fourth-order valence-electron chi connectivity index (χ4n) is 4.50. The maximum absolute atomic E-state index is 13.2. The van der Waals surface area contributed by atoms with Crippen LogP contribution in [0, 0.1) is 5.92 Å². The summed E-state index contributed by atoms with van der Waals surface area (Å²) in [4.78, 5) is 15.4. The van der Waals surface area contributed by atoms with E-state index in [1.807, 2.05) is 18.2 Å². The van der Waals surface area contributed by atoms with Crippen molar-refractivity contribution in [3.8, 4) is 17.3 Å². The van der Waals surface area contributed by atoms with Crippen molar-refractivity contribution in [1.29, 1.82) is 0 Å². The summed E-state index contributed by atoms with van der Waals surface area (Å²) in [5.41, 5.74) is 10.5. The maximum Gasteiger partial charge on any atom is 0.293 e. The SMILES string of the molecule is COc1cc(/C=N/NC(=O)c2nnn(-c3nonc3N)c2CN2CCC(C)CC2)cc(Br)c1OCc1ccccc1Cl. The molecule has 2 aromatic carbocycles. The van der Waals surface area contributed by atoms with Crippen molar-refractivity contribution in [2.75, 3.05) is 25.9 Å². The first-order valence-electron chi connectivity index (χ1n) is 13.2. The zero-order chi connectivity index (χ0) is 29.6. The maximum atomic E-state index is 13.2. The number of hydrogen-bond donors (Lipinski definition) is 2. The van der Waals surface area contributed by atoms with Crippen LogP contribution in [0.25, 0.3) is 5.82 Å². The van der Waals surface area contributed by atoms with E-state index in [4.69, 9.17) is 31.4 Å². The Morgan fingerprint density at radius 3 is 2.79 bits per heavy atom. The summed E-state index contributed by atoms with van der Waals surface area (Å²) in [6.07, 6.45) is 3.60. The first-order chi connectivity index (χ1) is 20.3. The molecule has 3 N–H and O–H groups in total. The molecule has 2 aromatic heterocycles. The predicted octanol–water partition coefficient (Wildman–Crippen LogP) is 4.23. The Balaban J connectivity index is 1.31. The van der Waals surface area contributed by atoms with Gasteiger partial charge in [0, 0.05) is 17.1 Å². The second-order valence-electron chi connectivity index (χ2n) is 9.84. The first-order valence-corrected chi connectivity index (χ1v) is 14.3. The van der Waals surface area contributed by atoms with Crippen molar-refractivity contribution in [3.63, 3.8) is 0 Å². The van der Waals surface area contributed by atoms with E-state index in [0.29, 0.717) is 44.7 Å². The van der Waals surface area contributed by atoms with E-state index in [9.17, 15) is 4.79 Å². The number of nitrogens with one attached hydrogen (secondary N) is 1. The third-order valence-electron chi connectivity index (χ3n) is 6.89. The first kappa shape index (κ1) is 29.5. The van der Waals surface area contributed by atoms with Gasteiger partial charge in [-0.1, -0.05) is 41.9 Å². The number of hydrazone groups is 1. The van der Waals surface area contributed by atoms with Crippen LogP contribution in [0.2, 0.25) is 5.02 Å². The van der Waals surface area contributed by atoms with Gasteiger partial charge in [0.05, 0.1) is 23.5 Å². The smallest absolute Gasteiger partial charge is 0.293 e. The van der Waals surface area contributed by atoms with Gasteiger partial charge in [0.1, 0.15) is 6.61 Å². The monoisotopic (exact) mass is 657 g/mol. The highest BCUT2D eigenvalue weighted by molar-refractivity contribution is 9.10. The molecule has 1 amide bonds. The zero-order valence-electron chi connectivity index (χ0n) is 23.0. The summed E-state index contributed by atoms with van der Waals surface area (Å²) in [7, 11) is 1.54. The number of likely N-dealkylation sites (tertiary alicyclic amines) is 1. The molecule has 0 saturated carbocycles. The Morgan fingerprint density at radius 1 is 1.29 bits per heavy atom. The highest BCUT2D eigenvalue weighted by Crippen LogP contribution is 2.37. The Hall–Kier alpha value is -4.01. The third-order valence-corrected chi connectivity index (χ3v) is 7.84. The number of nitrogens with zero attached hydrogens (tertiary/aromatic N) is 7. The van der Waals surface area contributed by atoms with E-state index in [-0.39, 0.29) is 23.9 Å². The normalized spacial score (nSPS) is 14.4. The van der Waals surface area contributed by atoms with Gasteiger partial charge in [-0.15, -0.1) is 5.10 Å². The van der Waals surface area contributed by atoms with Gasteiger partial charge in [0.15, 0.2) is 17.2 Å². The summed E-state index contributed by atoms with van der Waals surface area (Å²) in [6.45, 7) is 4.67. The molecular weight excluding hydrogens is 630 g/mol. The molecule has 1 fully saturated rings. The second-order valence-corrected chi connectivity index (χ2v) is 11.1. The molecule has 5 rings (SSSR count). The number of carbonyl (C=O) groups excluding carboxylic acids is 1. The van der Waals surface area contributed by atoms with E-state index < -0.39 is 5.91 Å². The quantitative estimate of drug-likeness (QED) is 0.187. The lowest BCUT2D eigenvalue weighted by Crippen LogP contribution is -2.34. The number of halogens is 2. The van der Waals surface area contributed by atoms with Crippen LogP contribution in [-0.2, 0) is 13.2 Å². The number of amides is 1. The minimum atomic E-state index is -0.543. The molecule has 0 radical (unpaired) electrons. The Kier molecular flexibility index (Phi) is 9.35. The summed E-state index contributed by atoms with van der Waals surface area (Å²) in [5, 5.41) is 20.4. The lowest BCUT2D eigenvalue weighted by molar-refractivity contribution is 0.0946. The molecule has 1 aliphatic heterocycles. The molecule has 0 atom stereocenters. The number of methoxy groups -OCH3 is 1. The Labute approximate surface area is 255 Å². The number of carbonyl (C=O) groups is 1. The van der Waals surface area contributed by atoms with Crippen LogP contribution in [0.5, 0.6) is 11.5 Å². The molecule has 1 aliphatic rings. The van der Waals surface area contributed by atoms with E-state index in [1.165, 1.54) is 18.0 Å². The number of anilines is 1. The van der Waals surface area contributed by atoms with Gasteiger partial charge in [0.25, 0.3) is 5.91 Å². The van der Waals surface area contributed by atoms with Gasteiger partial charge >= 0.3 is 0 Å². The van der Waals surface area contributed by atoms with Crippen LogP contribution in [0.4, 0.5) is 5.82 Å². The Bertz CT molecular complexity index is 1580. The van der Waals surface area contributed by atoms with Crippen molar-refractivity contribution in [1.82, 2.24) is 35.6 Å². The van der Waals surface area contributed by atoms with Crippen LogP contribution in [0.3, 0.4) is 0 Å². The number of hydrogen-bond acceptors (Lipinski definition) is 11. The van der Waals surface area contributed by atoms with Gasteiger partial charge < -0.3 is 15.2 Å². The van der Waals surface area contributed by atoms with E-state index in [0.717, 1.165) is 31.5 Å². The largest absolute Gasteiger partial charge is 0.493 e. The van der Waals surface area contributed by atoms with E-state index in [1.54, 1.807) is 18.2 Å². The number of nitrogen functional groups attached to an aromatic ring is 1. The fourth-order valence-corrected chi connectivity index (χ4v) is 5.26. The highest BCUT2D eigenvalue weighted by Gasteiger charge is 2.27. The summed E-state index contributed by atoms with van der Waals surface area (Å²) < 4.78 is 18.3. The molecule has 3 heterocycles. The van der Waals surface area contributed by atoms with Crippen LogP contribution >= 0.6 is 27.5 Å². The minimum absolute atomic E-state index is 0.0391. The number of nitrogens with two attached hydrogens (primary N) is 1. The van der Waals surface area contributed by atoms with Gasteiger partial charge in [0.2, 0.25) is 11.6 Å². The van der Waals surface area contributed by atoms with Crippen molar-refractivity contribution >= 4 is 45.5 Å². The molecule has 0 unspecified atom stereocenters. The molecule has 0 bridgehead atoms. The summed E-state index contributed by atoms with van der Waals surface area (Å²) >= 11 is 9.79. The van der Waals surface area contributed by atoms with Crippen molar-refractivity contribution < 1.29 is 18.9 Å². The van der Waals surface area contributed by atoms with Gasteiger partial charge in [-0.3, -0.25) is 9.69 Å². The zero-order valence-corrected chi connectivity index (χ0v) is 25.3. The molecule has 15 heteroatoms. The van der Waals surface area contributed by atoms with Crippen LogP contribution in [0.15, 0.2) is 50.6 Å². The molecule has 4 aromatic rings. The van der Waals surface area contributed by atoms with Crippen LogP contribution in [0.1, 0.15) is 47.1 Å². The average Bonchev–Trinajstić information content (AvgIpc) is 3.59. The van der Waals surface area contributed by atoms with Crippen molar-refractivity contribution in [3.05, 3.63) is 68.4 Å². The third kappa shape index (κ3) is 6.72. The molecule has 0 spiro atoms. The van der Waals surface area contributed by atoms with E-state index >= 15 is 0 Å². The van der Waals surface area contributed by atoms with Gasteiger partial charge in [-0.25, -0.2) is 10.1 Å². The summed E-state index contributed by atoms with van der Waals surface area (Å²) in [5.74, 6) is 1.30. The summed E-state index contributed by atoms with van der Waals surface area (Å²) in [6, 6.07) is 11.0. The second kappa shape index (κ2) is 13.3. The number of aromatic nitrogens is 5. The molecule has 13 nitrogen and oxygen atoms in total. The standard InChI is InChI=1S/C27H29BrClN9O4/c1-16-7-9-37(10-8-16)14-21-23(32-36-38(21)26-25(30)34-42-35-26)27(39)33-31-13-17-11-19(28)24(22(12-17)40-2)41-15-18-5-3-4-6-20(18)29/h3-6,11-13,16H,7-10,14-15H2,1-2H3,(H2,30,34)(H,33,39)/b31-13+. The lowest BCUT2D eigenvalue weighted by Gasteiger charge is -2.30. The van der Waals surface area contributed by atoms with Gasteiger partial charge in [-0.05, 0) is 81.9 Å². The topological polar surface area (TPSA) is 159 Å². The number of ether oxygens (including phenoxy) is 2. The fraction of sp³-hybridized carbons (Fsp3) is 0.333. The number of piperidine rings is 1. The van der Waals surface area contributed by atoms with Crippen LogP contribution < -0.4 is 20.6 Å².